The van der Waals surface area contributed by atoms with Crippen molar-refractivity contribution >= 4 is 0 Å². The van der Waals surface area contributed by atoms with Crippen molar-refractivity contribution in [2.45, 2.75) is 26.3 Å². The van der Waals surface area contributed by atoms with Crippen molar-refractivity contribution in [3.05, 3.63) is 23.3 Å². The van der Waals surface area contributed by atoms with Gasteiger partial charge >= 0.3 is 0 Å². The van der Waals surface area contributed by atoms with Crippen LogP contribution in [0.1, 0.15) is 18.1 Å². The molecule has 1 unspecified atom stereocenters. The van der Waals surface area contributed by atoms with E-state index in [4.69, 9.17) is 15.2 Å². The molecule has 0 spiro atoms. The number of hydrogen-bond donors (Lipinski definition) is 1. The number of benzene rings is 1. The van der Waals surface area contributed by atoms with Crippen molar-refractivity contribution in [3.8, 4) is 11.5 Å². The lowest BCUT2D eigenvalue weighted by molar-refractivity contribution is 0.320. The predicted molar refractivity (Wildman–Crippen MR) is 79.1 cm³/mol. The van der Waals surface area contributed by atoms with Crippen molar-refractivity contribution in [1.29, 1.82) is 0 Å². The van der Waals surface area contributed by atoms with Gasteiger partial charge in [-0.05, 0) is 50.6 Å². The van der Waals surface area contributed by atoms with E-state index in [0.717, 1.165) is 31.0 Å². The van der Waals surface area contributed by atoms with Crippen molar-refractivity contribution < 1.29 is 9.47 Å². The molecule has 0 saturated carbocycles. The van der Waals surface area contributed by atoms with Gasteiger partial charge in [0.25, 0.3) is 0 Å². The fraction of sp³-hybridized carbons (Fsp3) is 0.600. The van der Waals surface area contributed by atoms with Gasteiger partial charge in [-0.3, -0.25) is 0 Å². The maximum atomic E-state index is 5.80. The SMILES string of the molecule is COc1cc(C)c(CCN(C)CC(C)N)cc1OC. The van der Waals surface area contributed by atoms with Crippen LogP contribution in [0.5, 0.6) is 11.5 Å². The van der Waals surface area contributed by atoms with Crippen LogP contribution in [0.15, 0.2) is 12.1 Å². The lowest BCUT2D eigenvalue weighted by atomic mass is 10.0. The van der Waals surface area contributed by atoms with Crippen LogP contribution in [0.3, 0.4) is 0 Å². The van der Waals surface area contributed by atoms with Crippen LogP contribution in [0.25, 0.3) is 0 Å². The fourth-order valence-corrected chi connectivity index (χ4v) is 2.19. The molecule has 1 aromatic carbocycles. The van der Waals surface area contributed by atoms with Crippen LogP contribution in [-0.2, 0) is 6.42 Å². The Kier molecular flexibility index (Phi) is 6.12. The van der Waals surface area contributed by atoms with E-state index in [-0.39, 0.29) is 6.04 Å². The Bertz CT molecular complexity index is 405. The number of methoxy groups -OCH3 is 2. The molecule has 0 bridgehead atoms. The van der Waals surface area contributed by atoms with Crippen LogP contribution in [-0.4, -0.2) is 45.3 Å². The number of likely N-dealkylation sites (N-methyl/N-ethyl adjacent to an activating group) is 1. The number of aryl methyl sites for hydroxylation is 1. The maximum absolute atomic E-state index is 5.80. The van der Waals surface area contributed by atoms with Gasteiger partial charge in [-0.25, -0.2) is 0 Å². The Balaban J connectivity index is 2.73. The summed E-state index contributed by atoms with van der Waals surface area (Å²) in [5.41, 5.74) is 8.31. The highest BCUT2D eigenvalue weighted by molar-refractivity contribution is 5.47. The van der Waals surface area contributed by atoms with Crippen LogP contribution in [0, 0.1) is 6.92 Å². The van der Waals surface area contributed by atoms with E-state index in [0.29, 0.717) is 0 Å². The summed E-state index contributed by atoms with van der Waals surface area (Å²) in [6, 6.07) is 4.30. The standard InChI is InChI=1S/C15H26N2O2/c1-11-8-14(18-4)15(19-5)9-13(11)6-7-17(3)10-12(2)16/h8-9,12H,6-7,10,16H2,1-5H3. The lowest BCUT2D eigenvalue weighted by Crippen LogP contribution is -2.34. The molecule has 0 aromatic heterocycles. The van der Waals surface area contributed by atoms with E-state index < -0.39 is 0 Å². The minimum Gasteiger partial charge on any atom is -0.493 e. The van der Waals surface area contributed by atoms with Gasteiger partial charge in [0.05, 0.1) is 14.2 Å². The highest BCUT2D eigenvalue weighted by atomic mass is 16.5. The molecule has 0 amide bonds. The second-order valence-electron chi connectivity index (χ2n) is 5.12. The van der Waals surface area contributed by atoms with Gasteiger partial charge in [0.2, 0.25) is 0 Å². The molecule has 1 atom stereocenters. The van der Waals surface area contributed by atoms with Crippen molar-refractivity contribution in [2.24, 2.45) is 5.73 Å². The van der Waals surface area contributed by atoms with E-state index >= 15 is 0 Å². The van der Waals surface area contributed by atoms with E-state index in [1.807, 2.05) is 13.0 Å². The Labute approximate surface area is 116 Å². The van der Waals surface area contributed by atoms with Gasteiger partial charge < -0.3 is 20.1 Å². The van der Waals surface area contributed by atoms with Gasteiger partial charge in [0.1, 0.15) is 0 Å². The normalized spacial score (nSPS) is 12.6. The predicted octanol–water partition coefficient (Wildman–Crippen LogP) is 1.83. The highest BCUT2D eigenvalue weighted by Crippen LogP contribution is 2.30. The molecule has 0 aliphatic carbocycles. The Hall–Kier alpha value is -1.26. The van der Waals surface area contributed by atoms with Gasteiger partial charge in [0.15, 0.2) is 11.5 Å². The van der Waals surface area contributed by atoms with Crippen molar-refractivity contribution in [2.75, 3.05) is 34.4 Å². The molecule has 1 aromatic rings. The Morgan fingerprint density at radius 3 is 2.32 bits per heavy atom. The highest BCUT2D eigenvalue weighted by Gasteiger charge is 2.09. The first kappa shape index (κ1) is 15.8. The number of hydrogen-bond acceptors (Lipinski definition) is 4. The smallest absolute Gasteiger partial charge is 0.161 e. The molecule has 0 heterocycles. The van der Waals surface area contributed by atoms with E-state index in [2.05, 4.69) is 24.9 Å². The summed E-state index contributed by atoms with van der Waals surface area (Å²) in [5, 5.41) is 0. The monoisotopic (exact) mass is 266 g/mol. The molecule has 0 saturated heterocycles. The van der Waals surface area contributed by atoms with Gasteiger partial charge in [-0.2, -0.15) is 0 Å². The number of nitrogens with zero attached hydrogens (tertiary/aromatic N) is 1. The summed E-state index contributed by atoms with van der Waals surface area (Å²) in [7, 11) is 5.42. The second kappa shape index (κ2) is 7.36. The summed E-state index contributed by atoms with van der Waals surface area (Å²) in [6.07, 6.45) is 0.982. The van der Waals surface area contributed by atoms with E-state index in [1.165, 1.54) is 11.1 Å². The molecule has 19 heavy (non-hydrogen) atoms. The number of ether oxygens (including phenoxy) is 2. The average molecular weight is 266 g/mol. The minimum atomic E-state index is 0.205. The molecule has 0 fully saturated rings. The van der Waals surface area contributed by atoms with Crippen LogP contribution in [0.2, 0.25) is 0 Å². The van der Waals surface area contributed by atoms with E-state index in [9.17, 15) is 0 Å². The molecule has 1 rings (SSSR count). The first-order valence-corrected chi connectivity index (χ1v) is 6.63. The first-order chi connectivity index (χ1) is 8.97. The zero-order valence-electron chi connectivity index (χ0n) is 12.7. The van der Waals surface area contributed by atoms with E-state index in [1.54, 1.807) is 14.2 Å². The van der Waals surface area contributed by atoms with Crippen LogP contribution in [0.4, 0.5) is 0 Å². The minimum absolute atomic E-state index is 0.205. The molecule has 108 valence electrons. The maximum Gasteiger partial charge on any atom is 0.161 e. The van der Waals surface area contributed by atoms with Gasteiger partial charge in [-0.1, -0.05) is 0 Å². The quantitative estimate of drug-likeness (QED) is 0.818. The summed E-state index contributed by atoms with van der Waals surface area (Å²) in [6.45, 7) is 6.02. The average Bonchev–Trinajstić information content (AvgIpc) is 2.36. The summed E-state index contributed by atoms with van der Waals surface area (Å²) < 4.78 is 10.6. The third-order valence-electron chi connectivity index (χ3n) is 3.20. The molecule has 0 aliphatic rings. The molecular weight excluding hydrogens is 240 g/mol. The Morgan fingerprint density at radius 1 is 1.21 bits per heavy atom. The van der Waals surface area contributed by atoms with Gasteiger partial charge in [0, 0.05) is 19.1 Å². The molecular formula is C15H26N2O2. The van der Waals surface area contributed by atoms with Gasteiger partial charge in [-0.15, -0.1) is 0 Å². The first-order valence-electron chi connectivity index (χ1n) is 6.63. The van der Waals surface area contributed by atoms with Crippen molar-refractivity contribution in [1.82, 2.24) is 4.90 Å². The summed E-state index contributed by atoms with van der Waals surface area (Å²) >= 11 is 0. The molecule has 0 radical (unpaired) electrons. The lowest BCUT2D eigenvalue weighted by Gasteiger charge is -2.20. The summed E-state index contributed by atoms with van der Waals surface area (Å²) in [5.74, 6) is 1.57. The topological polar surface area (TPSA) is 47.7 Å². The number of rotatable bonds is 7. The Morgan fingerprint density at radius 2 is 1.79 bits per heavy atom. The molecule has 2 N–H and O–H groups in total. The molecule has 4 heteroatoms. The fourth-order valence-electron chi connectivity index (χ4n) is 2.19. The molecule has 4 nitrogen and oxygen atoms in total. The zero-order valence-corrected chi connectivity index (χ0v) is 12.7. The number of nitrogens with two attached hydrogens (primary N) is 1. The van der Waals surface area contributed by atoms with Crippen LogP contribution < -0.4 is 15.2 Å². The molecule has 0 aliphatic heterocycles. The zero-order chi connectivity index (χ0) is 14.4. The van der Waals surface area contributed by atoms with Crippen LogP contribution >= 0.6 is 0 Å². The second-order valence-corrected chi connectivity index (χ2v) is 5.12. The third kappa shape index (κ3) is 4.73. The third-order valence-corrected chi connectivity index (χ3v) is 3.20. The largest absolute Gasteiger partial charge is 0.493 e. The summed E-state index contributed by atoms with van der Waals surface area (Å²) in [4.78, 5) is 2.25. The van der Waals surface area contributed by atoms with Crippen molar-refractivity contribution in [3.63, 3.8) is 0 Å².